The van der Waals surface area contributed by atoms with E-state index in [1.54, 1.807) is 7.11 Å². The highest BCUT2D eigenvalue weighted by atomic mass is 16.5. The van der Waals surface area contributed by atoms with Crippen LogP contribution in [-0.4, -0.2) is 68.1 Å². The fourth-order valence-corrected chi connectivity index (χ4v) is 5.97. The molecule has 1 amide bonds. The molecule has 0 spiro atoms. The van der Waals surface area contributed by atoms with Gasteiger partial charge in [0.25, 0.3) is 0 Å². The summed E-state index contributed by atoms with van der Waals surface area (Å²) in [7, 11) is 1.69. The average Bonchev–Trinajstić information content (AvgIpc) is 3.03. The van der Waals surface area contributed by atoms with Crippen molar-refractivity contribution in [2.45, 2.75) is 24.3 Å². The summed E-state index contributed by atoms with van der Waals surface area (Å²) < 4.78 is 5.45. The van der Waals surface area contributed by atoms with Crippen LogP contribution in [0.1, 0.15) is 17.5 Å². The van der Waals surface area contributed by atoms with Crippen LogP contribution in [0.3, 0.4) is 0 Å². The third kappa shape index (κ3) is 3.50. The second-order valence-electron chi connectivity index (χ2n) is 9.11. The van der Waals surface area contributed by atoms with Gasteiger partial charge in [0.15, 0.2) is 0 Å². The number of rotatable bonds is 6. The van der Waals surface area contributed by atoms with E-state index in [-0.39, 0.29) is 17.4 Å². The Kier molecular flexibility index (Phi) is 5.25. The SMILES string of the molecule is COc1ccccc1CCC(=O)NC1C2CN3CCN(C2)CC1(c1ccccc1)C3. The summed E-state index contributed by atoms with van der Waals surface area (Å²) in [5.74, 6) is 1.49. The summed E-state index contributed by atoms with van der Waals surface area (Å²) in [5.41, 5.74) is 2.42. The zero-order valence-corrected chi connectivity index (χ0v) is 17.7. The Morgan fingerprint density at radius 2 is 1.70 bits per heavy atom. The predicted molar refractivity (Wildman–Crippen MR) is 118 cm³/mol. The van der Waals surface area contributed by atoms with Gasteiger partial charge in [0.1, 0.15) is 5.75 Å². The average molecular weight is 406 g/mol. The van der Waals surface area contributed by atoms with Crippen LogP contribution in [-0.2, 0) is 16.6 Å². The summed E-state index contributed by atoms with van der Waals surface area (Å²) in [6, 6.07) is 19.0. The van der Waals surface area contributed by atoms with Gasteiger partial charge in [-0.15, -0.1) is 0 Å². The normalized spacial score (nSPS) is 31.9. The number of ether oxygens (including phenoxy) is 1. The fraction of sp³-hybridized carbons (Fsp3) is 0.480. The number of nitrogens with one attached hydrogen (secondary N) is 1. The first kappa shape index (κ1) is 19.6. The molecule has 6 rings (SSSR count). The second kappa shape index (κ2) is 8.05. The molecular weight excluding hydrogens is 374 g/mol. The van der Waals surface area contributed by atoms with Crippen molar-refractivity contribution in [1.82, 2.24) is 15.1 Å². The molecule has 30 heavy (non-hydrogen) atoms. The van der Waals surface area contributed by atoms with E-state index >= 15 is 0 Å². The molecule has 4 bridgehead atoms. The molecular formula is C25H31N3O2. The van der Waals surface area contributed by atoms with Crippen LogP contribution in [0, 0.1) is 5.92 Å². The Hall–Kier alpha value is -2.37. The van der Waals surface area contributed by atoms with Gasteiger partial charge < -0.3 is 19.9 Å². The number of amides is 1. The van der Waals surface area contributed by atoms with Crippen molar-refractivity contribution in [3.05, 3.63) is 65.7 Å². The first-order valence-corrected chi connectivity index (χ1v) is 11.1. The number of hydrogen-bond acceptors (Lipinski definition) is 4. The Labute approximate surface area is 179 Å². The monoisotopic (exact) mass is 405 g/mol. The van der Waals surface area contributed by atoms with E-state index in [9.17, 15) is 4.79 Å². The van der Waals surface area contributed by atoms with Crippen LogP contribution >= 0.6 is 0 Å². The van der Waals surface area contributed by atoms with Gasteiger partial charge in [0.05, 0.1) is 7.11 Å². The Balaban J connectivity index is 1.36. The quantitative estimate of drug-likeness (QED) is 0.801. The number of aryl methyl sites for hydroxylation is 1. The molecule has 4 aliphatic heterocycles. The van der Waals surface area contributed by atoms with Gasteiger partial charge in [-0.05, 0) is 23.6 Å². The third-order valence-corrected chi connectivity index (χ3v) is 7.28. The highest BCUT2D eigenvalue weighted by Gasteiger charge is 2.55. The summed E-state index contributed by atoms with van der Waals surface area (Å²) >= 11 is 0. The molecule has 0 aromatic heterocycles. The van der Waals surface area contributed by atoms with Crippen LogP contribution in [0.5, 0.6) is 5.75 Å². The molecule has 1 N–H and O–H groups in total. The molecule has 158 valence electrons. The number of methoxy groups -OCH3 is 1. The van der Waals surface area contributed by atoms with E-state index in [2.05, 4.69) is 45.4 Å². The van der Waals surface area contributed by atoms with E-state index in [0.717, 1.165) is 50.6 Å². The van der Waals surface area contributed by atoms with E-state index in [0.29, 0.717) is 18.8 Å². The highest BCUT2D eigenvalue weighted by Crippen LogP contribution is 2.43. The van der Waals surface area contributed by atoms with Crippen molar-refractivity contribution < 1.29 is 9.53 Å². The lowest BCUT2D eigenvalue weighted by molar-refractivity contribution is -0.124. The largest absolute Gasteiger partial charge is 0.496 e. The van der Waals surface area contributed by atoms with Crippen molar-refractivity contribution in [2.75, 3.05) is 46.4 Å². The molecule has 2 aromatic rings. The van der Waals surface area contributed by atoms with Gasteiger partial charge >= 0.3 is 0 Å². The Bertz CT molecular complexity index is 884. The molecule has 3 atom stereocenters. The molecule has 0 aliphatic carbocycles. The number of nitrogens with zero attached hydrogens (tertiary/aromatic N) is 2. The van der Waals surface area contributed by atoms with Crippen LogP contribution in [0.2, 0.25) is 0 Å². The first-order chi connectivity index (χ1) is 14.7. The zero-order valence-electron chi connectivity index (χ0n) is 17.7. The number of hydrogen-bond donors (Lipinski definition) is 1. The summed E-state index contributed by atoms with van der Waals surface area (Å²) in [6.07, 6.45) is 1.19. The topological polar surface area (TPSA) is 44.8 Å². The van der Waals surface area contributed by atoms with Gasteiger partial charge in [0, 0.05) is 63.1 Å². The molecule has 4 heterocycles. The van der Waals surface area contributed by atoms with Gasteiger partial charge in [0.2, 0.25) is 5.91 Å². The van der Waals surface area contributed by atoms with Gasteiger partial charge in [-0.2, -0.15) is 0 Å². The summed E-state index contributed by atoms with van der Waals surface area (Å²) in [6.45, 7) is 6.51. The van der Waals surface area contributed by atoms with Crippen molar-refractivity contribution in [1.29, 1.82) is 0 Å². The smallest absolute Gasteiger partial charge is 0.220 e. The lowest BCUT2D eigenvalue weighted by atomic mass is 9.64. The Morgan fingerprint density at radius 3 is 2.40 bits per heavy atom. The summed E-state index contributed by atoms with van der Waals surface area (Å²) in [4.78, 5) is 18.3. The van der Waals surface area contributed by atoms with Gasteiger partial charge in [-0.3, -0.25) is 4.79 Å². The van der Waals surface area contributed by atoms with E-state index < -0.39 is 0 Å². The number of carbonyl (C=O) groups is 1. The van der Waals surface area contributed by atoms with Crippen LogP contribution in [0.25, 0.3) is 0 Å². The minimum atomic E-state index is -0.0287. The third-order valence-electron chi connectivity index (χ3n) is 7.28. The number of para-hydroxylation sites is 1. The lowest BCUT2D eigenvalue weighted by Crippen LogP contribution is -2.70. The van der Waals surface area contributed by atoms with Crippen molar-refractivity contribution in [3.63, 3.8) is 0 Å². The van der Waals surface area contributed by atoms with Crippen LogP contribution in [0.15, 0.2) is 54.6 Å². The molecule has 4 fully saturated rings. The van der Waals surface area contributed by atoms with E-state index in [1.807, 2.05) is 24.3 Å². The predicted octanol–water partition coefficient (Wildman–Crippen LogP) is 2.31. The van der Waals surface area contributed by atoms with Crippen molar-refractivity contribution in [2.24, 2.45) is 5.92 Å². The number of carbonyl (C=O) groups excluding carboxylic acids is 1. The van der Waals surface area contributed by atoms with Crippen LogP contribution < -0.4 is 10.1 Å². The zero-order chi connectivity index (χ0) is 20.6. The number of piperidine rings is 2. The molecule has 4 aliphatic rings. The maximum atomic E-state index is 13.1. The summed E-state index contributed by atoms with van der Waals surface area (Å²) in [5, 5.41) is 3.50. The van der Waals surface area contributed by atoms with Crippen LogP contribution in [0.4, 0.5) is 0 Å². The molecule has 0 radical (unpaired) electrons. The van der Waals surface area contributed by atoms with E-state index in [4.69, 9.17) is 4.74 Å². The Morgan fingerprint density at radius 1 is 1.03 bits per heavy atom. The second-order valence-corrected chi connectivity index (χ2v) is 9.11. The standard InChI is InChI=1S/C25H31N3O2/c1-30-22-10-6-5-7-19(22)11-12-23(29)26-24-20-15-27-13-14-28(16-20)18-25(24,17-27)21-8-3-2-4-9-21/h2-10,20,24H,11-18H2,1H3,(H,26,29). The van der Waals surface area contributed by atoms with Crippen molar-refractivity contribution >= 4 is 5.91 Å². The molecule has 3 unspecified atom stereocenters. The number of fused-ring (bicyclic) bond motifs is 1. The molecule has 5 nitrogen and oxygen atoms in total. The first-order valence-electron chi connectivity index (χ1n) is 11.1. The highest BCUT2D eigenvalue weighted by molar-refractivity contribution is 5.77. The minimum Gasteiger partial charge on any atom is -0.496 e. The maximum absolute atomic E-state index is 13.1. The lowest BCUT2D eigenvalue weighted by Gasteiger charge is -2.55. The molecule has 2 aromatic carbocycles. The molecule has 4 saturated heterocycles. The van der Waals surface area contributed by atoms with E-state index in [1.165, 1.54) is 5.56 Å². The fourth-order valence-electron chi connectivity index (χ4n) is 5.97. The van der Waals surface area contributed by atoms with Gasteiger partial charge in [-0.1, -0.05) is 48.5 Å². The number of benzene rings is 2. The molecule has 5 heteroatoms. The molecule has 0 saturated carbocycles. The maximum Gasteiger partial charge on any atom is 0.220 e. The van der Waals surface area contributed by atoms with Crippen molar-refractivity contribution in [3.8, 4) is 5.75 Å². The minimum absolute atomic E-state index is 0.0287. The van der Waals surface area contributed by atoms with Gasteiger partial charge in [-0.25, -0.2) is 0 Å².